The molecule has 17 heavy (non-hydrogen) atoms. The molecule has 0 bridgehead atoms. The topological polar surface area (TPSA) is 41.6 Å². The van der Waals surface area contributed by atoms with Crippen LogP contribution in [0.15, 0.2) is 42.5 Å². The number of fused-ring (bicyclic) bond motifs is 1. The molecule has 0 radical (unpaired) electrons. The van der Waals surface area contributed by atoms with Crippen LogP contribution >= 0.6 is 0 Å². The molecule has 0 spiro atoms. The van der Waals surface area contributed by atoms with Crippen LogP contribution < -0.4 is 0 Å². The first-order chi connectivity index (χ1) is 8.40. The number of rotatable bonds is 2. The van der Waals surface area contributed by atoms with E-state index in [2.05, 4.69) is 40.5 Å². The SMILES string of the molecule is CCc1ccc2n[nH]nc2c1-c1ccccc1. The van der Waals surface area contributed by atoms with Gasteiger partial charge in [0.25, 0.3) is 0 Å². The van der Waals surface area contributed by atoms with Gasteiger partial charge in [0.05, 0.1) is 0 Å². The molecule has 0 saturated heterocycles. The second-order valence-corrected chi connectivity index (χ2v) is 4.01. The van der Waals surface area contributed by atoms with E-state index in [1.807, 2.05) is 24.3 Å². The van der Waals surface area contributed by atoms with E-state index >= 15 is 0 Å². The van der Waals surface area contributed by atoms with Crippen LogP contribution in [0.5, 0.6) is 0 Å². The van der Waals surface area contributed by atoms with Gasteiger partial charge in [-0.1, -0.05) is 43.3 Å². The Morgan fingerprint density at radius 3 is 2.59 bits per heavy atom. The van der Waals surface area contributed by atoms with Gasteiger partial charge in [-0.2, -0.15) is 15.4 Å². The number of nitrogens with zero attached hydrogens (tertiary/aromatic N) is 2. The monoisotopic (exact) mass is 223 g/mol. The lowest BCUT2D eigenvalue weighted by molar-refractivity contribution is 0.959. The standard InChI is InChI=1S/C14H13N3/c1-2-10-8-9-12-14(16-17-15-12)13(10)11-6-4-3-5-7-11/h3-9H,2H2,1H3,(H,15,16,17). The largest absolute Gasteiger partial charge is 0.197 e. The van der Waals surface area contributed by atoms with Gasteiger partial charge in [0.15, 0.2) is 0 Å². The quantitative estimate of drug-likeness (QED) is 0.725. The molecule has 1 aromatic heterocycles. The zero-order chi connectivity index (χ0) is 11.7. The number of nitrogens with one attached hydrogen (secondary N) is 1. The maximum absolute atomic E-state index is 4.27. The molecule has 3 nitrogen and oxygen atoms in total. The second kappa shape index (κ2) is 4.01. The van der Waals surface area contributed by atoms with Crippen LogP contribution in [0.3, 0.4) is 0 Å². The van der Waals surface area contributed by atoms with Gasteiger partial charge in [-0.15, -0.1) is 0 Å². The molecule has 0 aliphatic heterocycles. The van der Waals surface area contributed by atoms with Crippen LogP contribution in [-0.4, -0.2) is 15.4 Å². The highest BCUT2D eigenvalue weighted by atomic mass is 15.3. The Morgan fingerprint density at radius 2 is 1.82 bits per heavy atom. The first kappa shape index (κ1) is 10.0. The van der Waals surface area contributed by atoms with Gasteiger partial charge in [0.2, 0.25) is 0 Å². The molecule has 1 heterocycles. The molecule has 0 unspecified atom stereocenters. The van der Waals surface area contributed by atoms with Crippen molar-refractivity contribution in [2.45, 2.75) is 13.3 Å². The third-order valence-corrected chi connectivity index (χ3v) is 3.02. The maximum atomic E-state index is 4.27. The summed E-state index contributed by atoms with van der Waals surface area (Å²) in [7, 11) is 0. The Labute approximate surface area is 99.5 Å². The van der Waals surface area contributed by atoms with E-state index < -0.39 is 0 Å². The van der Waals surface area contributed by atoms with Gasteiger partial charge < -0.3 is 0 Å². The molecule has 0 aliphatic rings. The van der Waals surface area contributed by atoms with E-state index in [0.29, 0.717) is 0 Å². The molecular formula is C14H13N3. The van der Waals surface area contributed by atoms with Crippen molar-refractivity contribution in [1.29, 1.82) is 0 Å². The number of hydrogen-bond acceptors (Lipinski definition) is 2. The summed E-state index contributed by atoms with van der Waals surface area (Å²) >= 11 is 0. The van der Waals surface area contributed by atoms with E-state index in [4.69, 9.17) is 0 Å². The van der Waals surface area contributed by atoms with E-state index in [0.717, 1.165) is 17.5 Å². The second-order valence-electron chi connectivity index (χ2n) is 4.01. The zero-order valence-electron chi connectivity index (χ0n) is 9.64. The highest BCUT2D eigenvalue weighted by Crippen LogP contribution is 2.30. The molecule has 0 amide bonds. The molecule has 84 valence electrons. The third kappa shape index (κ3) is 1.60. The third-order valence-electron chi connectivity index (χ3n) is 3.02. The summed E-state index contributed by atoms with van der Waals surface area (Å²) in [6.07, 6.45) is 0.993. The van der Waals surface area contributed by atoms with E-state index in [9.17, 15) is 0 Å². The van der Waals surface area contributed by atoms with E-state index in [1.54, 1.807) is 0 Å². The summed E-state index contributed by atoms with van der Waals surface area (Å²) in [5.41, 5.74) is 5.57. The highest BCUT2D eigenvalue weighted by molar-refractivity contribution is 5.93. The minimum atomic E-state index is 0.918. The lowest BCUT2D eigenvalue weighted by atomic mass is 9.96. The lowest BCUT2D eigenvalue weighted by Gasteiger charge is -2.08. The molecule has 0 aliphatic carbocycles. The van der Waals surface area contributed by atoms with Crippen molar-refractivity contribution in [3.8, 4) is 11.1 Å². The fourth-order valence-electron chi connectivity index (χ4n) is 2.18. The number of H-pyrrole nitrogens is 1. The number of benzene rings is 2. The summed E-state index contributed by atoms with van der Waals surface area (Å²) < 4.78 is 0. The van der Waals surface area contributed by atoms with Crippen molar-refractivity contribution in [3.05, 3.63) is 48.0 Å². The number of aromatic amines is 1. The number of hydrogen-bond donors (Lipinski definition) is 1. The molecular weight excluding hydrogens is 210 g/mol. The summed E-state index contributed by atoms with van der Waals surface area (Å²) in [6.45, 7) is 2.16. The molecule has 3 aromatic rings. The van der Waals surface area contributed by atoms with Crippen LogP contribution in [0.2, 0.25) is 0 Å². The van der Waals surface area contributed by atoms with Crippen molar-refractivity contribution in [2.75, 3.05) is 0 Å². The zero-order valence-corrected chi connectivity index (χ0v) is 9.64. The lowest BCUT2D eigenvalue weighted by Crippen LogP contribution is -1.89. The Bertz CT molecular complexity index is 641. The minimum Gasteiger partial charge on any atom is -0.197 e. The summed E-state index contributed by atoms with van der Waals surface area (Å²) in [5, 5.41) is 11.1. The summed E-state index contributed by atoms with van der Waals surface area (Å²) in [5.74, 6) is 0. The Balaban J connectivity index is 2.36. The fourth-order valence-corrected chi connectivity index (χ4v) is 2.18. The maximum Gasteiger partial charge on any atom is 0.121 e. The molecule has 0 saturated carbocycles. The summed E-state index contributed by atoms with van der Waals surface area (Å²) in [6, 6.07) is 14.5. The Kier molecular flexibility index (Phi) is 2.37. The molecule has 0 atom stereocenters. The van der Waals surface area contributed by atoms with Gasteiger partial charge in [-0.25, -0.2) is 0 Å². The Morgan fingerprint density at radius 1 is 1.00 bits per heavy atom. The van der Waals surface area contributed by atoms with Crippen molar-refractivity contribution >= 4 is 11.0 Å². The van der Waals surface area contributed by atoms with Gasteiger partial charge in [-0.05, 0) is 23.6 Å². The van der Waals surface area contributed by atoms with Crippen molar-refractivity contribution < 1.29 is 0 Å². The Hall–Kier alpha value is -2.16. The molecule has 2 aromatic carbocycles. The highest BCUT2D eigenvalue weighted by Gasteiger charge is 2.11. The van der Waals surface area contributed by atoms with Crippen molar-refractivity contribution in [3.63, 3.8) is 0 Å². The van der Waals surface area contributed by atoms with Crippen molar-refractivity contribution in [1.82, 2.24) is 15.4 Å². The van der Waals surface area contributed by atoms with Gasteiger partial charge in [0.1, 0.15) is 11.0 Å². The van der Waals surface area contributed by atoms with Crippen LogP contribution in [0.4, 0.5) is 0 Å². The van der Waals surface area contributed by atoms with E-state index in [-0.39, 0.29) is 0 Å². The average Bonchev–Trinajstić information content (AvgIpc) is 2.86. The number of aryl methyl sites for hydroxylation is 1. The van der Waals surface area contributed by atoms with Crippen LogP contribution in [0, 0.1) is 0 Å². The predicted molar refractivity (Wildman–Crippen MR) is 68.7 cm³/mol. The molecule has 3 heteroatoms. The average molecular weight is 223 g/mol. The molecule has 3 rings (SSSR count). The van der Waals surface area contributed by atoms with Crippen molar-refractivity contribution in [2.24, 2.45) is 0 Å². The first-order valence-electron chi connectivity index (χ1n) is 5.78. The first-order valence-corrected chi connectivity index (χ1v) is 5.78. The fraction of sp³-hybridized carbons (Fsp3) is 0.143. The van der Waals surface area contributed by atoms with Crippen LogP contribution in [0.25, 0.3) is 22.2 Å². The summed E-state index contributed by atoms with van der Waals surface area (Å²) in [4.78, 5) is 0. The molecule has 0 fully saturated rings. The number of aromatic nitrogens is 3. The van der Waals surface area contributed by atoms with Gasteiger partial charge in [-0.3, -0.25) is 0 Å². The van der Waals surface area contributed by atoms with Gasteiger partial charge >= 0.3 is 0 Å². The normalized spacial score (nSPS) is 10.9. The van der Waals surface area contributed by atoms with E-state index in [1.165, 1.54) is 16.7 Å². The minimum absolute atomic E-state index is 0.918. The molecule has 1 N–H and O–H groups in total. The van der Waals surface area contributed by atoms with Gasteiger partial charge in [0, 0.05) is 5.56 Å². The van der Waals surface area contributed by atoms with Crippen LogP contribution in [-0.2, 0) is 6.42 Å². The van der Waals surface area contributed by atoms with Crippen LogP contribution in [0.1, 0.15) is 12.5 Å². The smallest absolute Gasteiger partial charge is 0.121 e. The predicted octanol–water partition coefficient (Wildman–Crippen LogP) is 3.19.